The normalized spacial score (nSPS) is 17.6. The summed E-state index contributed by atoms with van der Waals surface area (Å²) in [5, 5.41) is 5.98. The minimum absolute atomic E-state index is 0.144. The minimum atomic E-state index is -0.455. The largest absolute Gasteiger partial charge is 0.475 e. The highest BCUT2D eigenvalue weighted by molar-refractivity contribution is 9.10. The fourth-order valence-corrected chi connectivity index (χ4v) is 3.87. The van der Waals surface area contributed by atoms with Crippen molar-refractivity contribution >= 4 is 74.1 Å². The van der Waals surface area contributed by atoms with E-state index < -0.39 is 11.4 Å². The smallest absolute Gasteiger partial charge is 0.261 e. The molecule has 3 heterocycles. The molecule has 0 saturated carbocycles. The molecule has 33 heavy (non-hydrogen) atoms. The van der Waals surface area contributed by atoms with Crippen molar-refractivity contribution in [2.45, 2.75) is 11.4 Å². The summed E-state index contributed by atoms with van der Waals surface area (Å²) < 4.78 is 11.7. The summed E-state index contributed by atoms with van der Waals surface area (Å²) in [5.41, 5.74) is 1.77. The molecule has 1 amide bonds. The number of anilines is 2. The molecule has 0 spiro atoms. The van der Waals surface area contributed by atoms with E-state index in [1.807, 2.05) is 12.1 Å². The van der Waals surface area contributed by atoms with Crippen LogP contribution < -0.4 is 15.4 Å². The first-order chi connectivity index (χ1) is 15.9. The van der Waals surface area contributed by atoms with Crippen LogP contribution in [0.2, 0.25) is 0 Å². The van der Waals surface area contributed by atoms with E-state index in [1.165, 1.54) is 6.20 Å². The number of carbonyl (C=O) groups excluding carboxylic acids is 1. The first kappa shape index (κ1) is 23.5. The van der Waals surface area contributed by atoms with Crippen LogP contribution in [0.5, 0.6) is 5.88 Å². The first-order valence-electron chi connectivity index (χ1n) is 9.83. The van der Waals surface area contributed by atoms with E-state index in [9.17, 15) is 4.79 Å². The van der Waals surface area contributed by atoms with Gasteiger partial charge < -0.3 is 25.1 Å². The molecule has 2 atom stereocenters. The summed E-state index contributed by atoms with van der Waals surface area (Å²) in [6, 6.07) is 8.45. The molecule has 0 saturated heterocycles. The van der Waals surface area contributed by atoms with Crippen LogP contribution in [0.4, 0.5) is 11.6 Å². The summed E-state index contributed by atoms with van der Waals surface area (Å²) in [6.45, 7) is 0.560. The van der Waals surface area contributed by atoms with E-state index in [2.05, 4.69) is 46.5 Å². The number of pyridine rings is 1. The quantitative estimate of drug-likeness (QED) is 0.278. The molecular weight excluding hydrogens is 535 g/mol. The standard InChI is InChI=1S/C21H19BrCl2N6O3/c1-32-6-7-33-20-13(19(31)26-12-4-2-11(22)3-5-12)8-16-18(29-20)30-21(27-16)28-17-14(23)9-25-10-15(17)24/h2-5,8-10,14,17H,6-7H2,1H3,(H,26,31)(H2,27,28,29,30). The Bertz CT molecular complexity index is 1210. The summed E-state index contributed by atoms with van der Waals surface area (Å²) in [6.07, 6.45) is 3.10. The molecule has 1 aliphatic heterocycles. The predicted molar refractivity (Wildman–Crippen MR) is 133 cm³/mol. The Labute approximate surface area is 207 Å². The lowest BCUT2D eigenvalue weighted by Crippen LogP contribution is -2.33. The van der Waals surface area contributed by atoms with Crippen molar-refractivity contribution in [3.8, 4) is 5.88 Å². The average Bonchev–Trinajstić information content (AvgIpc) is 3.19. The van der Waals surface area contributed by atoms with E-state index in [0.29, 0.717) is 34.4 Å². The van der Waals surface area contributed by atoms with Gasteiger partial charge in [0.05, 0.1) is 28.6 Å². The van der Waals surface area contributed by atoms with E-state index in [-0.39, 0.29) is 24.0 Å². The second-order valence-corrected chi connectivity index (χ2v) is 8.83. The van der Waals surface area contributed by atoms with Crippen molar-refractivity contribution in [1.82, 2.24) is 15.0 Å². The van der Waals surface area contributed by atoms with Crippen LogP contribution >= 0.6 is 39.1 Å². The second-order valence-electron chi connectivity index (χ2n) is 6.98. The summed E-state index contributed by atoms with van der Waals surface area (Å²) in [5.74, 6) is 0.159. The Morgan fingerprint density at radius 3 is 2.76 bits per heavy atom. The number of aromatic amines is 1. The van der Waals surface area contributed by atoms with Crippen LogP contribution in [0.1, 0.15) is 10.4 Å². The minimum Gasteiger partial charge on any atom is -0.475 e. The topological polar surface area (TPSA) is 114 Å². The molecular formula is C21H19BrCl2N6O3. The number of alkyl halides is 1. The average molecular weight is 554 g/mol. The van der Waals surface area contributed by atoms with Crippen LogP contribution in [0.3, 0.4) is 0 Å². The Morgan fingerprint density at radius 1 is 1.24 bits per heavy atom. The van der Waals surface area contributed by atoms with Crippen molar-refractivity contribution < 1.29 is 14.3 Å². The lowest BCUT2D eigenvalue weighted by Gasteiger charge is -2.21. The molecule has 2 unspecified atom stereocenters. The highest BCUT2D eigenvalue weighted by atomic mass is 79.9. The van der Waals surface area contributed by atoms with Gasteiger partial charge >= 0.3 is 0 Å². The third-order valence-electron chi connectivity index (χ3n) is 4.65. The molecule has 0 aliphatic carbocycles. The van der Waals surface area contributed by atoms with E-state index >= 15 is 0 Å². The number of H-pyrrole nitrogens is 1. The summed E-state index contributed by atoms with van der Waals surface area (Å²) in [7, 11) is 1.56. The highest BCUT2D eigenvalue weighted by Gasteiger charge is 2.25. The van der Waals surface area contributed by atoms with Gasteiger partial charge in [-0.05, 0) is 30.3 Å². The molecule has 172 valence electrons. The maximum atomic E-state index is 13.0. The number of carbonyl (C=O) groups is 1. The van der Waals surface area contributed by atoms with Gasteiger partial charge in [0.15, 0.2) is 5.65 Å². The molecule has 4 rings (SSSR count). The number of imidazole rings is 1. The van der Waals surface area contributed by atoms with Gasteiger partial charge in [-0.2, -0.15) is 9.97 Å². The number of halogens is 3. The highest BCUT2D eigenvalue weighted by Crippen LogP contribution is 2.26. The zero-order chi connectivity index (χ0) is 23.4. The number of benzene rings is 1. The molecule has 0 bridgehead atoms. The second kappa shape index (κ2) is 10.5. The Balaban J connectivity index is 1.63. The Morgan fingerprint density at radius 2 is 2.03 bits per heavy atom. The van der Waals surface area contributed by atoms with Gasteiger partial charge in [0, 0.05) is 29.7 Å². The van der Waals surface area contributed by atoms with Crippen LogP contribution in [-0.2, 0) is 4.74 Å². The molecule has 2 aromatic heterocycles. The van der Waals surface area contributed by atoms with Gasteiger partial charge in [-0.3, -0.25) is 9.79 Å². The molecule has 3 aromatic rings. The molecule has 3 N–H and O–H groups in total. The lowest BCUT2D eigenvalue weighted by atomic mass is 10.2. The number of hydrogen-bond donors (Lipinski definition) is 3. The van der Waals surface area contributed by atoms with Crippen LogP contribution in [-0.4, -0.2) is 58.8 Å². The van der Waals surface area contributed by atoms with Gasteiger partial charge in [-0.15, -0.1) is 11.6 Å². The number of fused-ring (bicyclic) bond motifs is 1. The number of nitrogens with one attached hydrogen (secondary N) is 3. The van der Waals surface area contributed by atoms with Crippen molar-refractivity contribution in [3.05, 3.63) is 51.6 Å². The number of ether oxygens (including phenoxy) is 2. The van der Waals surface area contributed by atoms with Gasteiger partial charge in [0.2, 0.25) is 11.8 Å². The Kier molecular flexibility index (Phi) is 7.49. The summed E-state index contributed by atoms with van der Waals surface area (Å²) in [4.78, 5) is 29.0. The SMILES string of the molecule is COCCOc1nc2nc(NC3C(Cl)=CN=CC3Cl)[nH]c2cc1C(=O)Nc1ccc(Br)cc1. The molecule has 1 aromatic carbocycles. The number of amides is 1. The van der Waals surface area contributed by atoms with Crippen molar-refractivity contribution in [2.75, 3.05) is 31.0 Å². The van der Waals surface area contributed by atoms with Gasteiger partial charge in [0.1, 0.15) is 12.2 Å². The number of nitrogens with zero attached hydrogens (tertiary/aromatic N) is 3. The van der Waals surface area contributed by atoms with Crippen molar-refractivity contribution in [2.24, 2.45) is 4.99 Å². The van der Waals surface area contributed by atoms with Crippen molar-refractivity contribution in [1.29, 1.82) is 0 Å². The summed E-state index contributed by atoms with van der Waals surface area (Å²) >= 11 is 15.9. The van der Waals surface area contributed by atoms with Crippen molar-refractivity contribution in [3.63, 3.8) is 0 Å². The number of hydrogen-bond acceptors (Lipinski definition) is 7. The molecule has 12 heteroatoms. The fourth-order valence-electron chi connectivity index (χ4n) is 3.03. The number of methoxy groups -OCH3 is 1. The fraction of sp³-hybridized carbons (Fsp3) is 0.238. The van der Waals surface area contributed by atoms with Crippen LogP contribution in [0, 0.1) is 0 Å². The third-order valence-corrected chi connectivity index (χ3v) is 5.87. The van der Waals surface area contributed by atoms with Crippen LogP contribution in [0.15, 0.2) is 51.0 Å². The van der Waals surface area contributed by atoms with E-state index in [4.69, 9.17) is 32.7 Å². The molecule has 0 radical (unpaired) electrons. The lowest BCUT2D eigenvalue weighted by molar-refractivity contribution is 0.101. The van der Waals surface area contributed by atoms with Gasteiger partial charge in [0.25, 0.3) is 5.91 Å². The molecule has 1 aliphatic rings. The molecule has 0 fully saturated rings. The predicted octanol–water partition coefficient (Wildman–Crippen LogP) is 4.55. The first-order valence-corrected chi connectivity index (χ1v) is 11.4. The zero-order valence-electron chi connectivity index (χ0n) is 17.3. The maximum Gasteiger partial charge on any atom is 0.261 e. The molecule has 9 nitrogen and oxygen atoms in total. The number of rotatable bonds is 8. The van der Waals surface area contributed by atoms with Gasteiger partial charge in [-0.1, -0.05) is 27.5 Å². The Hall–Kier alpha value is -2.66. The number of aromatic nitrogens is 3. The van der Waals surface area contributed by atoms with Crippen LogP contribution in [0.25, 0.3) is 11.2 Å². The third kappa shape index (κ3) is 5.64. The van der Waals surface area contributed by atoms with E-state index in [1.54, 1.807) is 31.5 Å². The zero-order valence-corrected chi connectivity index (χ0v) is 20.4. The number of aliphatic imine (C=N–C) groups is 1. The van der Waals surface area contributed by atoms with Gasteiger partial charge in [-0.25, -0.2) is 0 Å². The maximum absolute atomic E-state index is 13.0. The van der Waals surface area contributed by atoms with E-state index in [0.717, 1.165) is 4.47 Å². The monoisotopic (exact) mass is 552 g/mol.